The minimum absolute atomic E-state index is 0.100. The number of nitrogens with one attached hydrogen (secondary N) is 1. The van der Waals surface area contributed by atoms with Gasteiger partial charge < -0.3 is 5.32 Å². The van der Waals surface area contributed by atoms with Crippen molar-refractivity contribution in [1.29, 1.82) is 0 Å². The van der Waals surface area contributed by atoms with E-state index in [1.54, 1.807) is 0 Å². The highest BCUT2D eigenvalue weighted by Crippen LogP contribution is 2.24. The van der Waals surface area contributed by atoms with E-state index in [9.17, 15) is 4.79 Å². The van der Waals surface area contributed by atoms with Gasteiger partial charge in [-0.3, -0.25) is 9.48 Å². The van der Waals surface area contributed by atoms with Crippen LogP contribution in [0.2, 0.25) is 5.02 Å². The van der Waals surface area contributed by atoms with Crippen molar-refractivity contribution in [1.82, 2.24) is 9.78 Å². The molecule has 0 atom stereocenters. The average molecular weight is 360 g/mol. The Kier molecular flexibility index (Phi) is 4.73. The maximum atomic E-state index is 12.4. The van der Waals surface area contributed by atoms with Gasteiger partial charge in [0.25, 0.3) is 5.91 Å². The summed E-state index contributed by atoms with van der Waals surface area (Å²) in [5.74, 6) is -0.100. The first-order valence-corrected chi connectivity index (χ1v) is 8.80. The monoisotopic (exact) mass is 359 g/mol. The third kappa shape index (κ3) is 3.37. The van der Waals surface area contributed by atoms with Crippen molar-refractivity contribution in [2.45, 2.75) is 27.3 Å². The molecule has 0 radical (unpaired) electrons. The Morgan fingerprint density at radius 2 is 1.96 bits per heavy atom. The van der Waals surface area contributed by atoms with E-state index in [1.165, 1.54) is 11.3 Å². The molecular formula is C18H18ClN3OS. The molecule has 4 nitrogen and oxygen atoms in total. The average Bonchev–Trinajstić information content (AvgIpc) is 3.09. The molecule has 2 aromatic heterocycles. The first-order chi connectivity index (χ1) is 11.5. The largest absolute Gasteiger partial charge is 0.318 e. The van der Waals surface area contributed by atoms with E-state index >= 15 is 0 Å². The molecule has 0 bridgehead atoms. The minimum Gasteiger partial charge on any atom is -0.318 e. The minimum atomic E-state index is -0.100. The Morgan fingerprint density at radius 1 is 1.21 bits per heavy atom. The number of hydrogen-bond donors (Lipinski definition) is 1. The maximum Gasteiger partial charge on any atom is 0.265 e. The van der Waals surface area contributed by atoms with Gasteiger partial charge in [-0.2, -0.15) is 5.10 Å². The van der Waals surface area contributed by atoms with E-state index in [4.69, 9.17) is 11.6 Å². The Hall–Kier alpha value is -2.11. The Labute approximate surface area is 150 Å². The molecular weight excluding hydrogens is 342 g/mol. The molecule has 124 valence electrons. The summed E-state index contributed by atoms with van der Waals surface area (Å²) >= 11 is 7.71. The summed E-state index contributed by atoms with van der Waals surface area (Å²) in [6, 6.07) is 11.5. The highest BCUT2D eigenvalue weighted by atomic mass is 35.5. The molecule has 0 saturated carbocycles. The Bertz CT molecular complexity index is 898. The van der Waals surface area contributed by atoms with Gasteiger partial charge in [-0.1, -0.05) is 29.8 Å². The zero-order chi connectivity index (χ0) is 17.3. The number of aromatic nitrogens is 2. The summed E-state index contributed by atoms with van der Waals surface area (Å²) in [4.78, 5) is 14.2. The second-order valence-electron chi connectivity index (χ2n) is 5.66. The van der Waals surface area contributed by atoms with Crippen molar-refractivity contribution in [3.63, 3.8) is 0 Å². The number of aryl methyl sites for hydroxylation is 2. The van der Waals surface area contributed by atoms with Gasteiger partial charge in [0.05, 0.1) is 28.5 Å². The number of amides is 1. The van der Waals surface area contributed by atoms with E-state index in [-0.39, 0.29) is 5.91 Å². The quantitative estimate of drug-likeness (QED) is 0.725. The fraction of sp³-hybridized carbons (Fsp3) is 0.222. The number of hydrogen-bond acceptors (Lipinski definition) is 3. The van der Waals surface area contributed by atoms with Gasteiger partial charge in [0.1, 0.15) is 0 Å². The third-order valence-electron chi connectivity index (χ3n) is 3.86. The predicted molar refractivity (Wildman–Crippen MR) is 99.3 cm³/mol. The summed E-state index contributed by atoms with van der Waals surface area (Å²) in [7, 11) is 0. The maximum absolute atomic E-state index is 12.4. The molecule has 3 aromatic rings. The van der Waals surface area contributed by atoms with Crippen LogP contribution in [0.5, 0.6) is 0 Å². The molecule has 0 spiro atoms. The van der Waals surface area contributed by atoms with E-state index in [1.807, 2.05) is 61.9 Å². The van der Waals surface area contributed by atoms with Crippen molar-refractivity contribution in [2.75, 3.05) is 5.32 Å². The van der Waals surface area contributed by atoms with Crippen LogP contribution in [0.1, 0.15) is 31.5 Å². The van der Waals surface area contributed by atoms with Gasteiger partial charge in [0, 0.05) is 9.90 Å². The zero-order valence-electron chi connectivity index (χ0n) is 13.8. The zero-order valence-corrected chi connectivity index (χ0v) is 15.3. The Morgan fingerprint density at radius 3 is 2.62 bits per heavy atom. The number of anilines is 1. The first kappa shape index (κ1) is 16.7. The van der Waals surface area contributed by atoms with E-state index in [2.05, 4.69) is 10.4 Å². The second kappa shape index (κ2) is 6.79. The molecule has 2 heterocycles. The van der Waals surface area contributed by atoms with Crippen molar-refractivity contribution < 1.29 is 4.79 Å². The lowest BCUT2D eigenvalue weighted by atomic mass is 10.2. The lowest BCUT2D eigenvalue weighted by Crippen LogP contribution is -2.12. The molecule has 24 heavy (non-hydrogen) atoms. The van der Waals surface area contributed by atoms with Crippen LogP contribution in [0.15, 0.2) is 36.4 Å². The third-order valence-corrected chi connectivity index (χ3v) is 5.23. The number of rotatable bonds is 4. The standard InChI is InChI=1S/C18H18ClN3OS/c1-11-8-9-16(24-11)18(23)20-17-12(2)21-22(13(17)3)10-14-6-4-5-7-15(14)19/h4-9H,10H2,1-3H3,(H,20,23). The van der Waals surface area contributed by atoms with Crippen LogP contribution in [-0.2, 0) is 6.54 Å². The first-order valence-electron chi connectivity index (χ1n) is 7.61. The molecule has 1 aromatic carbocycles. The molecule has 0 saturated heterocycles. The van der Waals surface area contributed by atoms with E-state index in [0.29, 0.717) is 16.4 Å². The molecule has 0 aliphatic rings. The van der Waals surface area contributed by atoms with Crippen LogP contribution < -0.4 is 5.32 Å². The predicted octanol–water partition coefficient (Wildman–Crippen LogP) is 4.82. The lowest BCUT2D eigenvalue weighted by molar-refractivity contribution is 0.103. The molecule has 1 N–H and O–H groups in total. The van der Waals surface area contributed by atoms with Crippen LogP contribution in [-0.4, -0.2) is 15.7 Å². The highest BCUT2D eigenvalue weighted by Gasteiger charge is 2.16. The topological polar surface area (TPSA) is 46.9 Å². The molecule has 0 unspecified atom stereocenters. The normalized spacial score (nSPS) is 10.8. The number of carbonyl (C=O) groups excluding carboxylic acids is 1. The molecule has 1 amide bonds. The number of nitrogens with zero attached hydrogens (tertiary/aromatic N) is 2. The number of carbonyl (C=O) groups is 1. The highest BCUT2D eigenvalue weighted by molar-refractivity contribution is 7.14. The summed E-state index contributed by atoms with van der Waals surface area (Å²) < 4.78 is 1.87. The van der Waals surface area contributed by atoms with Crippen LogP contribution >= 0.6 is 22.9 Å². The molecule has 3 rings (SSSR count). The summed E-state index contributed by atoms with van der Waals surface area (Å²) in [6.07, 6.45) is 0. The fourth-order valence-corrected chi connectivity index (χ4v) is 3.51. The molecule has 0 fully saturated rings. The van der Waals surface area contributed by atoms with Gasteiger partial charge in [-0.05, 0) is 44.5 Å². The van der Waals surface area contributed by atoms with Gasteiger partial charge >= 0.3 is 0 Å². The van der Waals surface area contributed by atoms with E-state index in [0.717, 1.165) is 27.5 Å². The molecule has 6 heteroatoms. The fourth-order valence-electron chi connectivity index (χ4n) is 2.55. The van der Waals surface area contributed by atoms with Crippen LogP contribution in [0, 0.1) is 20.8 Å². The van der Waals surface area contributed by atoms with Crippen LogP contribution in [0.4, 0.5) is 5.69 Å². The van der Waals surface area contributed by atoms with Crippen molar-refractivity contribution in [3.05, 3.63) is 68.1 Å². The van der Waals surface area contributed by atoms with Gasteiger partial charge in [0.2, 0.25) is 0 Å². The van der Waals surface area contributed by atoms with Crippen molar-refractivity contribution >= 4 is 34.5 Å². The van der Waals surface area contributed by atoms with E-state index < -0.39 is 0 Å². The van der Waals surface area contributed by atoms with Gasteiger partial charge in [0.15, 0.2) is 0 Å². The van der Waals surface area contributed by atoms with Crippen molar-refractivity contribution in [3.8, 4) is 0 Å². The smallest absolute Gasteiger partial charge is 0.265 e. The van der Waals surface area contributed by atoms with Crippen molar-refractivity contribution in [2.24, 2.45) is 0 Å². The van der Waals surface area contributed by atoms with Gasteiger partial charge in [-0.25, -0.2) is 0 Å². The Balaban J connectivity index is 1.84. The summed E-state index contributed by atoms with van der Waals surface area (Å²) in [5, 5.41) is 8.24. The lowest BCUT2D eigenvalue weighted by Gasteiger charge is -2.08. The van der Waals surface area contributed by atoms with Crippen LogP contribution in [0.3, 0.4) is 0 Å². The molecule has 0 aliphatic carbocycles. The second-order valence-corrected chi connectivity index (χ2v) is 7.35. The molecule has 0 aliphatic heterocycles. The van der Waals surface area contributed by atoms with Crippen LogP contribution in [0.25, 0.3) is 0 Å². The SMILES string of the molecule is Cc1ccc(C(=O)Nc2c(C)nn(Cc3ccccc3Cl)c2C)s1. The summed E-state index contributed by atoms with van der Waals surface area (Å²) in [5.41, 5.74) is 3.46. The summed E-state index contributed by atoms with van der Waals surface area (Å²) in [6.45, 7) is 6.40. The number of thiophene rings is 1. The van der Waals surface area contributed by atoms with Gasteiger partial charge in [-0.15, -0.1) is 11.3 Å². The number of halogens is 1. The number of benzene rings is 1.